The van der Waals surface area contributed by atoms with Crippen LogP contribution in [0.3, 0.4) is 0 Å². The summed E-state index contributed by atoms with van der Waals surface area (Å²) in [7, 11) is 1.79. The lowest BCUT2D eigenvalue weighted by Crippen LogP contribution is -2.19. The number of anilines is 1. The van der Waals surface area contributed by atoms with Crippen molar-refractivity contribution in [1.82, 2.24) is 9.78 Å². The molecule has 2 aromatic rings. The third-order valence-electron chi connectivity index (χ3n) is 2.10. The van der Waals surface area contributed by atoms with Crippen LogP contribution in [0.15, 0.2) is 42.7 Å². The van der Waals surface area contributed by atoms with Gasteiger partial charge >= 0.3 is 0 Å². The summed E-state index contributed by atoms with van der Waals surface area (Å²) in [6, 6.07) is 9.21. The molecule has 0 spiro atoms. The third kappa shape index (κ3) is 3.34. The Morgan fingerprint density at radius 3 is 2.82 bits per heavy atom. The van der Waals surface area contributed by atoms with Crippen molar-refractivity contribution in [3.05, 3.63) is 42.7 Å². The Balaban J connectivity index is 1.82. The number of amides is 1. The van der Waals surface area contributed by atoms with E-state index in [1.54, 1.807) is 36.3 Å². The lowest BCUT2D eigenvalue weighted by molar-refractivity contribution is -0.118. The molecule has 5 heteroatoms. The zero-order chi connectivity index (χ0) is 12.1. The molecule has 1 heterocycles. The van der Waals surface area contributed by atoms with Crippen molar-refractivity contribution in [3.8, 4) is 5.75 Å². The Labute approximate surface area is 99.0 Å². The van der Waals surface area contributed by atoms with Crippen molar-refractivity contribution in [1.29, 1.82) is 0 Å². The summed E-state index contributed by atoms with van der Waals surface area (Å²) >= 11 is 0. The number of aryl methyl sites for hydroxylation is 1. The van der Waals surface area contributed by atoms with Gasteiger partial charge in [-0.15, -0.1) is 0 Å². The van der Waals surface area contributed by atoms with Crippen LogP contribution in [0, 0.1) is 0 Å². The number of nitrogens with one attached hydrogen (secondary N) is 1. The summed E-state index contributed by atoms with van der Waals surface area (Å²) < 4.78 is 6.93. The topological polar surface area (TPSA) is 56.2 Å². The molecule has 0 saturated carbocycles. The van der Waals surface area contributed by atoms with Gasteiger partial charge in [0, 0.05) is 13.2 Å². The van der Waals surface area contributed by atoms with Gasteiger partial charge in [-0.3, -0.25) is 9.48 Å². The highest BCUT2D eigenvalue weighted by atomic mass is 16.5. The molecule has 1 amide bonds. The van der Waals surface area contributed by atoms with Gasteiger partial charge in [-0.25, -0.2) is 0 Å². The van der Waals surface area contributed by atoms with E-state index in [9.17, 15) is 4.79 Å². The monoisotopic (exact) mass is 231 g/mol. The molecular formula is C12H13N3O2. The molecule has 0 saturated heterocycles. The van der Waals surface area contributed by atoms with Crippen LogP contribution in [0.5, 0.6) is 5.75 Å². The van der Waals surface area contributed by atoms with Gasteiger partial charge in [-0.1, -0.05) is 18.2 Å². The number of carbonyl (C=O) groups excluding carboxylic acids is 1. The lowest BCUT2D eigenvalue weighted by Gasteiger charge is -2.05. The van der Waals surface area contributed by atoms with Gasteiger partial charge in [0.25, 0.3) is 5.91 Å². The summed E-state index contributed by atoms with van der Waals surface area (Å²) in [4.78, 5) is 11.5. The second kappa shape index (κ2) is 5.16. The van der Waals surface area contributed by atoms with Crippen LogP contribution in [-0.2, 0) is 11.8 Å². The first-order chi connectivity index (χ1) is 8.24. The van der Waals surface area contributed by atoms with Gasteiger partial charge in [0.2, 0.25) is 0 Å². The van der Waals surface area contributed by atoms with E-state index in [0.29, 0.717) is 11.4 Å². The zero-order valence-corrected chi connectivity index (χ0v) is 9.46. The van der Waals surface area contributed by atoms with Crippen molar-refractivity contribution in [3.63, 3.8) is 0 Å². The zero-order valence-electron chi connectivity index (χ0n) is 9.46. The van der Waals surface area contributed by atoms with E-state index in [1.165, 1.54) is 0 Å². The summed E-state index contributed by atoms with van der Waals surface area (Å²) in [5, 5.41) is 6.63. The second-order valence-corrected chi connectivity index (χ2v) is 3.55. The van der Waals surface area contributed by atoms with E-state index >= 15 is 0 Å². The van der Waals surface area contributed by atoms with Crippen LogP contribution in [0.4, 0.5) is 5.69 Å². The highest BCUT2D eigenvalue weighted by molar-refractivity contribution is 5.91. The molecule has 2 rings (SSSR count). The molecule has 0 atom stereocenters. The van der Waals surface area contributed by atoms with Crippen molar-refractivity contribution >= 4 is 11.6 Å². The largest absolute Gasteiger partial charge is 0.484 e. The van der Waals surface area contributed by atoms with E-state index in [4.69, 9.17) is 4.74 Å². The summed E-state index contributed by atoms with van der Waals surface area (Å²) in [5.41, 5.74) is 0.661. The fraction of sp³-hybridized carbons (Fsp3) is 0.167. The first-order valence-corrected chi connectivity index (χ1v) is 5.20. The first-order valence-electron chi connectivity index (χ1n) is 5.20. The van der Waals surface area contributed by atoms with Crippen molar-refractivity contribution in [2.75, 3.05) is 11.9 Å². The number of carbonyl (C=O) groups is 1. The number of nitrogens with zero attached hydrogens (tertiary/aromatic N) is 2. The Hall–Kier alpha value is -2.30. The quantitative estimate of drug-likeness (QED) is 0.866. The molecule has 1 N–H and O–H groups in total. The van der Waals surface area contributed by atoms with E-state index in [2.05, 4.69) is 10.4 Å². The number of hydrogen-bond acceptors (Lipinski definition) is 3. The lowest BCUT2D eigenvalue weighted by atomic mass is 10.3. The fourth-order valence-corrected chi connectivity index (χ4v) is 1.35. The number of rotatable bonds is 4. The highest BCUT2D eigenvalue weighted by Crippen LogP contribution is 2.08. The number of ether oxygens (including phenoxy) is 1. The van der Waals surface area contributed by atoms with Crippen LogP contribution in [0.2, 0.25) is 0 Å². The minimum Gasteiger partial charge on any atom is -0.484 e. The normalized spacial score (nSPS) is 9.94. The van der Waals surface area contributed by atoms with Gasteiger partial charge in [0.15, 0.2) is 6.61 Å². The molecule has 5 nitrogen and oxygen atoms in total. The molecule has 0 aliphatic rings. The van der Waals surface area contributed by atoms with E-state index < -0.39 is 0 Å². The number of aromatic nitrogens is 2. The Morgan fingerprint density at radius 1 is 1.41 bits per heavy atom. The van der Waals surface area contributed by atoms with E-state index in [0.717, 1.165) is 0 Å². The maximum atomic E-state index is 11.5. The molecule has 1 aromatic heterocycles. The molecule has 0 radical (unpaired) electrons. The van der Waals surface area contributed by atoms with Crippen LogP contribution in [0.1, 0.15) is 0 Å². The van der Waals surface area contributed by atoms with Gasteiger partial charge in [0.1, 0.15) is 5.75 Å². The molecule has 0 aliphatic heterocycles. The van der Waals surface area contributed by atoms with Gasteiger partial charge in [-0.2, -0.15) is 5.10 Å². The van der Waals surface area contributed by atoms with Gasteiger partial charge in [-0.05, 0) is 12.1 Å². The van der Waals surface area contributed by atoms with E-state index in [1.807, 2.05) is 18.2 Å². The molecule has 0 unspecified atom stereocenters. The molecule has 88 valence electrons. The minimum atomic E-state index is -0.207. The molecular weight excluding hydrogens is 218 g/mol. The molecule has 17 heavy (non-hydrogen) atoms. The standard InChI is InChI=1S/C12H13N3O2/c1-15-8-10(7-13-15)14-12(16)9-17-11-5-3-2-4-6-11/h2-8H,9H2,1H3,(H,14,16). The first kappa shape index (κ1) is 11.2. The summed E-state index contributed by atoms with van der Waals surface area (Å²) in [6.45, 7) is -0.0150. The number of benzene rings is 1. The molecule has 1 aromatic carbocycles. The van der Waals surface area contributed by atoms with Crippen LogP contribution < -0.4 is 10.1 Å². The predicted octanol–water partition coefficient (Wildman–Crippen LogP) is 1.44. The molecule has 0 fully saturated rings. The summed E-state index contributed by atoms with van der Waals surface area (Å²) in [5.74, 6) is 0.468. The summed E-state index contributed by atoms with van der Waals surface area (Å²) in [6.07, 6.45) is 3.31. The Bertz CT molecular complexity index is 493. The smallest absolute Gasteiger partial charge is 0.262 e. The highest BCUT2D eigenvalue weighted by Gasteiger charge is 2.04. The average molecular weight is 231 g/mol. The SMILES string of the molecule is Cn1cc(NC(=O)COc2ccccc2)cn1. The third-order valence-corrected chi connectivity index (χ3v) is 2.10. The Kier molecular flexibility index (Phi) is 3.40. The molecule has 0 aliphatic carbocycles. The number of hydrogen-bond donors (Lipinski definition) is 1. The Morgan fingerprint density at radius 2 is 2.18 bits per heavy atom. The van der Waals surface area contributed by atoms with Crippen molar-refractivity contribution < 1.29 is 9.53 Å². The second-order valence-electron chi connectivity index (χ2n) is 3.55. The van der Waals surface area contributed by atoms with Gasteiger partial charge in [0.05, 0.1) is 11.9 Å². The predicted molar refractivity (Wildman–Crippen MR) is 63.8 cm³/mol. The average Bonchev–Trinajstić information content (AvgIpc) is 2.73. The van der Waals surface area contributed by atoms with Crippen molar-refractivity contribution in [2.24, 2.45) is 7.05 Å². The van der Waals surface area contributed by atoms with Crippen LogP contribution in [-0.4, -0.2) is 22.3 Å². The van der Waals surface area contributed by atoms with Crippen LogP contribution >= 0.6 is 0 Å². The maximum absolute atomic E-state index is 11.5. The van der Waals surface area contributed by atoms with Crippen molar-refractivity contribution in [2.45, 2.75) is 0 Å². The molecule has 0 bridgehead atoms. The minimum absolute atomic E-state index is 0.0150. The van der Waals surface area contributed by atoms with E-state index in [-0.39, 0.29) is 12.5 Å². The van der Waals surface area contributed by atoms with Crippen LogP contribution in [0.25, 0.3) is 0 Å². The fourth-order valence-electron chi connectivity index (χ4n) is 1.35. The number of para-hydroxylation sites is 1. The maximum Gasteiger partial charge on any atom is 0.262 e. The van der Waals surface area contributed by atoms with Gasteiger partial charge < -0.3 is 10.1 Å².